The van der Waals surface area contributed by atoms with E-state index in [4.69, 9.17) is 5.26 Å². The average Bonchev–Trinajstić information content (AvgIpc) is 3.05. The van der Waals surface area contributed by atoms with Crippen LogP contribution in [0.3, 0.4) is 0 Å². The highest BCUT2D eigenvalue weighted by Gasteiger charge is 2.45. The van der Waals surface area contributed by atoms with E-state index in [0.717, 1.165) is 24.8 Å². The molecule has 2 heterocycles. The summed E-state index contributed by atoms with van der Waals surface area (Å²) in [5.74, 6) is -0.320. The minimum Gasteiger partial charge on any atom is -0.504 e. The molecule has 1 saturated carbocycles. The van der Waals surface area contributed by atoms with Crippen molar-refractivity contribution in [1.82, 2.24) is 9.78 Å². The van der Waals surface area contributed by atoms with E-state index >= 15 is 0 Å². The van der Waals surface area contributed by atoms with Crippen molar-refractivity contribution < 1.29 is 5.11 Å². The first kappa shape index (κ1) is 12.9. The second-order valence-corrected chi connectivity index (χ2v) is 5.77. The fourth-order valence-corrected chi connectivity index (χ4v) is 3.03. The molecule has 5 nitrogen and oxygen atoms in total. The molecule has 0 unspecified atom stereocenters. The third kappa shape index (κ3) is 1.74. The standard InChI is InChI=1S/C14H13N3O2S/c1-2-14(4-5-14)17-13(19)10(7-15)12(18)11(16-17)9-3-6-20-8-9/h3,6,8,18H,2,4-5H2,1H3. The molecule has 6 heteroatoms. The first-order valence-electron chi connectivity index (χ1n) is 6.42. The largest absolute Gasteiger partial charge is 0.504 e. The summed E-state index contributed by atoms with van der Waals surface area (Å²) in [5, 5.41) is 27.3. The van der Waals surface area contributed by atoms with Crippen LogP contribution in [0.1, 0.15) is 31.7 Å². The molecule has 0 aromatic carbocycles. The van der Waals surface area contributed by atoms with Gasteiger partial charge in [0, 0.05) is 10.9 Å². The first-order chi connectivity index (χ1) is 9.63. The summed E-state index contributed by atoms with van der Waals surface area (Å²) < 4.78 is 1.40. The normalized spacial score (nSPS) is 15.8. The molecule has 0 radical (unpaired) electrons. The second kappa shape index (κ2) is 4.46. The molecule has 0 aliphatic heterocycles. The van der Waals surface area contributed by atoms with Crippen molar-refractivity contribution in [3.8, 4) is 23.1 Å². The number of nitriles is 1. The minimum atomic E-state index is -0.497. The van der Waals surface area contributed by atoms with E-state index in [1.165, 1.54) is 16.0 Å². The number of aromatic nitrogens is 2. The van der Waals surface area contributed by atoms with Gasteiger partial charge in [0.25, 0.3) is 5.56 Å². The maximum absolute atomic E-state index is 12.3. The summed E-state index contributed by atoms with van der Waals surface area (Å²) >= 11 is 1.47. The van der Waals surface area contributed by atoms with Crippen LogP contribution >= 0.6 is 11.3 Å². The molecule has 0 atom stereocenters. The molecule has 2 aromatic heterocycles. The zero-order chi connectivity index (χ0) is 14.3. The zero-order valence-electron chi connectivity index (χ0n) is 11.0. The molecule has 0 amide bonds. The molecule has 1 aliphatic carbocycles. The van der Waals surface area contributed by atoms with Gasteiger partial charge in [-0.1, -0.05) is 6.92 Å². The van der Waals surface area contributed by atoms with Crippen LogP contribution in [0.25, 0.3) is 11.3 Å². The third-order valence-corrected chi connectivity index (χ3v) is 4.59. The number of nitrogens with zero attached hydrogens (tertiary/aromatic N) is 3. The van der Waals surface area contributed by atoms with Crippen LogP contribution in [-0.2, 0) is 5.54 Å². The SMILES string of the molecule is CCC1(n2nc(-c3ccsc3)c(O)c(C#N)c2=O)CC1. The van der Waals surface area contributed by atoms with Crippen LogP contribution in [-0.4, -0.2) is 14.9 Å². The highest BCUT2D eigenvalue weighted by molar-refractivity contribution is 7.08. The molecule has 102 valence electrons. The maximum atomic E-state index is 12.3. The monoisotopic (exact) mass is 287 g/mol. The maximum Gasteiger partial charge on any atom is 0.289 e. The van der Waals surface area contributed by atoms with E-state index in [9.17, 15) is 9.90 Å². The Bertz CT molecular complexity index is 752. The van der Waals surface area contributed by atoms with Crippen molar-refractivity contribution >= 4 is 11.3 Å². The summed E-state index contributed by atoms with van der Waals surface area (Å²) in [6.07, 6.45) is 2.56. The Hall–Kier alpha value is -2.13. The van der Waals surface area contributed by atoms with Crippen LogP contribution in [0.2, 0.25) is 0 Å². The average molecular weight is 287 g/mol. The van der Waals surface area contributed by atoms with Gasteiger partial charge in [0.2, 0.25) is 0 Å². The Morgan fingerprint density at radius 2 is 2.35 bits per heavy atom. The fourth-order valence-electron chi connectivity index (χ4n) is 2.39. The number of hydrogen-bond acceptors (Lipinski definition) is 5. The predicted molar refractivity (Wildman–Crippen MR) is 75.7 cm³/mol. The number of rotatable bonds is 3. The van der Waals surface area contributed by atoms with Gasteiger partial charge in [0.15, 0.2) is 11.3 Å². The lowest BCUT2D eigenvalue weighted by molar-refractivity contribution is 0.387. The summed E-state index contributed by atoms with van der Waals surface area (Å²) in [5.41, 5.74) is 0.0391. The second-order valence-electron chi connectivity index (χ2n) is 4.99. The van der Waals surface area contributed by atoms with Gasteiger partial charge >= 0.3 is 0 Å². The molecule has 3 rings (SSSR count). The zero-order valence-corrected chi connectivity index (χ0v) is 11.8. The Labute approximate surface area is 119 Å². The fraction of sp³-hybridized carbons (Fsp3) is 0.357. The predicted octanol–water partition coefficient (Wildman–Crippen LogP) is 2.45. The van der Waals surface area contributed by atoms with Crippen LogP contribution < -0.4 is 5.56 Å². The highest BCUT2D eigenvalue weighted by atomic mass is 32.1. The molecular formula is C14H13N3O2S. The van der Waals surface area contributed by atoms with E-state index in [-0.39, 0.29) is 16.9 Å². The molecule has 1 fully saturated rings. The lowest BCUT2D eigenvalue weighted by atomic mass is 10.1. The van der Waals surface area contributed by atoms with Crippen LogP contribution in [0.5, 0.6) is 5.75 Å². The van der Waals surface area contributed by atoms with Crippen molar-refractivity contribution in [2.45, 2.75) is 31.7 Å². The van der Waals surface area contributed by atoms with E-state index in [1.807, 2.05) is 29.8 Å². The highest BCUT2D eigenvalue weighted by Crippen LogP contribution is 2.45. The number of thiophene rings is 1. The van der Waals surface area contributed by atoms with Crippen molar-refractivity contribution in [2.24, 2.45) is 0 Å². The molecule has 2 aromatic rings. The van der Waals surface area contributed by atoms with Gasteiger partial charge in [0.05, 0.1) is 5.54 Å². The third-order valence-electron chi connectivity index (χ3n) is 3.91. The summed E-state index contributed by atoms with van der Waals surface area (Å²) in [6.45, 7) is 2.00. The van der Waals surface area contributed by atoms with E-state index < -0.39 is 5.56 Å². The molecule has 0 spiro atoms. The van der Waals surface area contributed by atoms with Gasteiger partial charge in [-0.05, 0) is 30.7 Å². The molecular weight excluding hydrogens is 274 g/mol. The van der Waals surface area contributed by atoms with E-state index in [1.54, 1.807) is 0 Å². The molecule has 0 saturated heterocycles. The Balaban J connectivity index is 2.30. The topological polar surface area (TPSA) is 78.9 Å². The quantitative estimate of drug-likeness (QED) is 0.940. The molecule has 1 aliphatic rings. The van der Waals surface area contributed by atoms with E-state index in [2.05, 4.69) is 5.10 Å². The Morgan fingerprint density at radius 1 is 1.60 bits per heavy atom. The first-order valence-corrected chi connectivity index (χ1v) is 7.36. The van der Waals surface area contributed by atoms with Crippen molar-refractivity contribution in [3.05, 3.63) is 32.7 Å². The Morgan fingerprint density at radius 3 is 2.85 bits per heavy atom. The van der Waals surface area contributed by atoms with Gasteiger partial charge in [-0.3, -0.25) is 4.79 Å². The number of hydrogen-bond donors (Lipinski definition) is 1. The summed E-state index contributed by atoms with van der Waals surface area (Å²) in [7, 11) is 0. The van der Waals surface area contributed by atoms with Gasteiger partial charge in [-0.15, -0.1) is 0 Å². The smallest absolute Gasteiger partial charge is 0.289 e. The molecule has 1 N–H and O–H groups in total. The number of aromatic hydroxyl groups is 1. The molecule has 0 bridgehead atoms. The van der Waals surface area contributed by atoms with Crippen molar-refractivity contribution in [2.75, 3.05) is 0 Å². The van der Waals surface area contributed by atoms with Gasteiger partial charge in [-0.25, -0.2) is 4.68 Å². The van der Waals surface area contributed by atoms with Crippen LogP contribution in [0.4, 0.5) is 0 Å². The van der Waals surface area contributed by atoms with Crippen molar-refractivity contribution in [3.63, 3.8) is 0 Å². The minimum absolute atomic E-state index is 0.221. The van der Waals surface area contributed by atoms with Crippen LogP contribution in [0.15, 0.2) is 21.6 Å². The van der Waals surface area contributed by atoms with Gasteiger partial charge in [0.1, 0.15) is 11.8 Å². The van der Waals surface area contributed by atoms with Gasteiger partial charge in [-0.2, -0.15) is 21.7 Å². The lowest BCUT2D eigenvalue weighted by Gasteiger charge is -2.17. The Kier molecular flexibility index (Phi) is 2.87. The summed E-state index contributed by atoms with van der Waals surface area (Å²) in [6, 6.07) is 3.62. The van der Waals surface area contributed by atoms with Crippen LogP contribution in [0, 0.1) is 11.3 Å². The van der Waals surface area contributed by atoms with E-state index in [0.29, 0.717) is 5.69 Å². The van der Waals surface area contributed by atoms with Crippen molar-refractivity contribution in [1.29, 1.82) is 5.26 Å². The summed E-state index contributed by atoms with van der Waals surface area (Å²) in [4.78, 5) is 12.3. The molecule has 20 heavy (non-hydrogen) atoms. The van der Waals surface area contributed by atoms with Gasteiger partial charge < -0.3 is 5.11 Å². The lowest BCUT2D eigenvalue weighted by Crippen LogP contribution is -2.34.